The van der Waals surface area contributed by atoms with Crippen LogP contribution in [0.25, 0.3) is 0 Å². The molecule has 1 atom stereocenters. The molecule has 0 N–H and O–H groups in total. The van der Waals surface area contributed by atoms with Crippen LogP contribution in [0.15, 0.2) is 18.2 Å². The molecule has 0 fully saturated rings. The second-order valence-electron chi connectivity index (χ2n) is 4.71. The van der Waals surface area contributed by atoms with Gasteiger partial charge in [0, 0.05) is 18.2 Å². The predicted octanol–water partition coefficient (Wildman–Crippen LogP) is 3.80. The number of carbonyl (C=O) groups is 2. The van der Waals surface area contributed by atoms with Crippen molar-refractivity contribution in [3.8, 4) is 0 Å². The third-order valence-corrected chi connectivity index (χ3v) is 4.07. The lowest BCUT2D eigenvalue weighted by Gasteiger charge is -2.28. The van der Waals surface area contributed by atoms with Gasteiger partial charge in [-0.1, -0.05) is 30.1 Å². The summed E-state index contributed by atoms with van der Waals surface area (Å²) in [5.74, 6) is -0.517. The Balaban J connectivity index is 2.93. The van der Waals surface area contributed by atoms with Crippen molar-refractivity contribution in [1.29, 1.82) is 0 Å². The minimum Gasteiger partial charge on any atom is -0.469 e. The minimum atomic E-state index is -0.342. The maximum Gasteiger partial charge on any atom is 0.307 e. The SMILES string of the molecule is CCC(C)N(CCC(=O)OC)C(=O)c1ccc(Cl)c(Cl)c1. The van der Waals surface area contributed by atoms with E-state index in [0.29, 0.717) is 22.2 Å². The quantitative estimate of drug-likeness (QED) is 0.745. The Morgan fingerprint density at radius 3 is 2.48 bits per heavy atom. The summed E-state index contributed by atoms with van der Waals surface area (Å²) in [4.78, 5) is 25.5. The van der Waals surface area contributed by atoms with Crippen LogP contribution in [0.4, 0.5) is 0 Å². The number of amides is 1. The fourth-order valence-electron chi connectivity index (χ4n) is 1.85. The highest BCUT2D eigenvalue weighted by molar-refractivity contribution is 6.42. The van der Waals surface area contributed by atoms with Gasteiger partial charge in [0.25, 0.3) is 5.91 Å². The molecule has 0 aliphatic heterocycles. The number of ether oxygens (including phenoxy) is 1. The molecule has 6 heteroatoms. The highest BCUT2D eigenvalue weighted by atomic mass is 35.5. The van der Waals surface area contributed by atoms with E-state index in [1.165, 1.54) is 7.11 Å². The maximum absolute atomic E-state index is 12.6. The fourth-order valence-corrected chi connectivity index (χ4v) is 2.15. The monoisotopic (exact) mass is 331 g/mol. The van der Waals surface area contributed by atoms with Gasteiger partial charge in [0.2, 0.25) is 0 Å². The Labute approximate surface area is 135 Å². The van der Waals surface area contributed by atoms with Gasteiger partial charge in [-0.05, 0) is 31.5 Å². The van der Waals surface area contributed by atoms with Crippen molar-refractivity contribution >= 4 is 35.1 Å². The summed E-state index contributed by atoms with van der Waals surface area (Å²) in [6.45, 7) is 4.23. The molecule has 0 saturated carbocycles. The summed E-state index contributed by atoms with van der Waals surface area (Å²) in [5, 5.41) is 0.734. The molecule has 0 aliphatic rings. The standard InChI is InChI=1S/C15H19Cl2NO3/c1-4-10(2)18(8-7-14(19)21-3)15(20)11-5-6-12(16)13(17)9-11/h5-6,9-10H,4,7-8H2,1-3H3. The van der Waals surface area contributed by atoms with E-state index in [2.05, 4.69) is 4.74 Å². The van der Waals surface area contributed by atoms with Crippen molar-refractivity contribution < 1.29 is 14.3 Å². The van der Waals surface area contributed by atoms with E-state index < -0.39 is 0 Å². The Hall–Kier alpha value is -1.26. The number of nitrogens with zero attached hydrogens (tertiary/aromatic N) is 1. The lowest BCUT2D eigenvalue weighted by molar-refractivity contribution is -0.140. The van der Waals surface area contributed by atoms with E-state index >= 15 is 0 Å². The zero-order valence-electron chi connectivity index (χ0n) is 12.4. The molecular weight excluding hydrogens is 313 g/mol. The van der Waals surface area contributed by atoms with Gasteiger partial charge >= 0.3 is 5.97 Å². The van der Waals surface area contributed by atoms with E-state index in [1.54, 1.807) is 23.1 Å². The normalized spacial score (nSPS) is 11.9. The van der Waals surface area contributed by atoms with Crippen LogP contribution in [0.5, 0.6) is 0 Å². The molecule has 1 rings (SSSR count). The number of rotatable bonds is 6. The molecule has 1 aromatic carbocycles. The van der Waals surface area contributed by atoms with Crippen molar-refractivity contribution in [1.82, 2.24) is 4.90 Å². The first-order valence-electron chi connectivity index (χ1n) is 6.73. The molecule has 4 nitrogen and oxygen atoms in total. The van der Waals surface area contributed by atoms with E-state index in [4.69, 9.17) is 23.2 Å². The topological polar surface area (TPSA) is 46.6 Å². The molecule has 0 radical (unpaired) electrons. The molecule has 21 heavy (non-hydrogen) atoms. The van der Waals surface area contributed by atoms with Crippen LogP contribution >= 0.6 is 23.2 Å². The van der Waals surface area contributed by atoms with Crippen molar-refractivity contribution in [2.24, 2.45) is 0 Å². The summed E-state index contributed by atoms with van der Waals surface area (Å²) >= 11 is 11.8. The summed E-state index contributed by atoms with van der Waals surface area (Å²) in [6, 6.07) is 4.77. The molecule has 0 bridgehead atoms. The fraction of sp³-hybridized carbons (Fsp3) is 0.467. The number of methoxy groups -OCH3 is 1. The van der Waals surface area contributed by atoms with E-state index in [0.717, 1.165) is 6.42 Å². The summed E-state index contributed by atoms with van der Waals surface area (Å²) < 4.78 is 4.62. The van der Waals surface area contributed by atoms with Gasteiger partial charge in [-0.2, -0.15) is 0 Å². The molecule has 0 aromatic heterocycles. The molecular formula is C15H19Cl2NO3. The number of esters is 1. The van der Waals surface area contributed by atoms with Gasteiger partial charge in [-0.25, -0.2) is 0 Å². The largest absolute Gasteiger partial charge is 0.469 e. The van der Waals surface area contributed by atoms with Crippen LogP contribution in [0.1, 0.15) is 37.0 Å². The zero-order valence-corrected chi connectivity index (χ0v) is 13.9. The highest BCUT2D eigenvalue weighted by Gasteiger charge is 2.22. The Bertz CT molecular complexity index is 520. The lowest BCUT2D eigenvalue weighted by atomic mass is 10.1. The molecule has 1 aromatic rings. The molecule has 0 heterocycles. The number of hydrogen-bond acceptors (Lipinski definition) is 3. The van der Waals surface area contributed by atoms with Gasteiger partial charge in [0.05, 0.1) is 23.6 Å². The second kappa shape index (κ2) is 8.25. The average Bonchev–Trinajstić information content (AvgIpc) is 2.49. The van der Waals surface area contributed by atoms with Crippen LogP contribution < -0.4 is 0 Å². The zero-order chi connectivity index (χ0) is 16.0. The predicted molar refractivity (Wildman–Crippen MR) is 83.9 cm³/mol. The molecule has 0 saturated heterocycles. The summed E-state index contributed by atoms with van der Waals surface area (Å²) in [5.41, 5.74) is 0.453. The van der Waals surface area contributed by atoms with Gasteiger partial charge in [-0.15, -0.1) is 0 Å². The van der Waals surface area contributed by atoms with Crippen molar-refractivity contribution in [3.05, 3.63) is 33.8 Å². The minimum absolute atomic E-state index is 0.0107. The number of halogens is 2. The van der Waals surface area contributed by atoms with Gasteiger partial charge in [0.1, 0.15) is 0 Å². The number of benzene rings is 1. The Morgan fingerprint density at radius 1 is 1.29 bits per heavy atom. The van der Waals surface area contributed by atoms with Gasteiger partial charge in [-0.3, -0.25) is 9.59 Å². The first kappa shape index (κ1) is 17.8. The van der Waals surface area contributed by atoms with Crippen LogP contribution in [0.3, 0.4) is 0 Å². The van der Waals surface area contributed by atoms with Crippen LogP contribution in [0, 0.1) is 0 Å². The maximum atomic E-state index is 12.6. The van der Waals surface area contributed by atoms with E-state index in [9.17, 15) is 9.59 Å². The van der Waals surface area contributed by atoms with Crippen molar-refractivity contribution in [2.45, 2.75) is 32.7 Å². The van der Waals surface area contributed by atoms with Gasteiger partial charge < -0.3 is 9.64 Å². The van der Waals surface area contributed by atoms with Crippen LogP contribution in [-0.4, -0.2) is 36.5 Å². The van der Waals surface area contributed by atoms with Crippen molar-refractivity contribution in [3.63, 3.8) is 0 Å². The Morgan fingerprint density at radius 2 is 1.95 bits per heavy atom. The second-order valence-corrected chi connectivity index (χ2v) is 5.53. The number of carbonyl (C=O) groups excluding carboxylic acids is 2. The summed E-state index contributed by atoms with van der Waals surface area (Å²) in [6.07, 6.45) is 0.947. The smallest absolute Gasteiger partial charge is 0.307 e. The highest BCUT2D eigenvalue weighted by Crippen LogP contribution is 2.24. The number of hydrogen-bond donors (Lipinski definition) is 0. The molecule has 1 amide bonds. The van der Waals surface area contributed by atoms with E-state index in [-0.39, 0.29) is 24.3 Å². The molecule has 116 valence electrons. The first-order chi connectivity index (χ1) is 9.90. The van der Waals surface area contributed by atoms with E-state index in [1.807, 2.05) is 13.8 Å². The average molecular weight is 332 g/mol. The van der Waals surface area contributed by atoms with Crippen LogP contribution in [0.2, 0.25) is 10.0 Å². The first-order valence-corrected chi connectivity index (χ1v) is 7.49. The van der Waals surface area contributed by atoms with Crippen molar-refractivity contribution in [2.75, 3.05) is 13.7 Å². The summed E-state index contributed by atoms with van der Waals surface area (Å²) in [7, 11) is 1.33. The third-order valence-electron chi connectivity index (χ3n) is 3.33. The molecule has 0 spiro atoms. The van der Waals surface area contributed by atoms with Gasteiger partial charge in [0.15, 0.2) is 0 Å². The molecule has 1 unspecified atom stereocenters. The molecule has 0 aliphatic carbocycles. The lowest BCUT2D eigenvalue weighted by Crippen LogP contribution is -2.39. The third kappa shape index (κ3) is 4.90. The Kier molecular flexibility index (Phi) is 6.99. The van der Waals surface area contributed by atoms with Crippen LogP contribution in [-0.2, 0) is 9.53 Å².